The highest BCUT2D eigenvalue weighted by molar-refractivity contribution is 7.15. The molecular formula is C15H29N3S. The third kappa shape index (κ3) is 4.18. The summed E-state index contributed by atoms with van der Waals surface area (Å²) < 4.78 is 0. The smallest absolute Gasteiger partial charge is 0.186 e. The van der Waals surface area contributed by atoms with Crippen LogP contribution in [0.25, 0.3) is 0 Å². The molecule has 0 fully saturated rings. The zero-order chi connectivity index (χ0) is 14.6. The number of anilines is 1. The van der Waals surface area contributed by atoms with Crippen LogP contribution in [0.4, 0.5) is 5.13 Å². The van der Waals surface area contributed by atoms with Crippen LogP contribution >= 0.6 is 11.3 Å². The third-order valence-electron chi connectivity index (χ3n) is 3.14. The maximum atomic E-state index is 4.93. The molecule has 0 aliphatic rings. The monoisotopic (exact) mass is 283 g/mol. The third-order valence-corrected chi connectivity index (χ3v) is 4.23. The number of aromatic nitrogens is 1. The fraction of sp³-hybridized carbons (Fsp3) is 0.800. The first kappa shape index (κ1) is 16.4. The van der Waals surface area contributed by atoms with Crippen LogP contribution in [0.1, 0.15) is 59.0 Å². The summed E-state index contributed by atoms with van der Waals surface area (Å²) in [6.45, 7) is 18.5. The molecule has 1 aromatic rings. The molecule has 19 heavy (non-hydrogen) atoms. The standard InChI is InChI=1S/C15H29N3S/c1-8-16-10-12-13(15(5,6)7)17-14(19-12)18(9-2)11(3)4/h11,16H,8-10H2,1-7H3. The molecule has 0 saturated heterocycles. The van der Waals surface area contributed by atoms with Gasteiger partial charge < -0.3 is 10.2 Å². The minimum atomic E-state index is 0.107. The minimum Gasteiger partial charge on any atom is -0.346 e. The molecule has 0 aromatic carbocycles. The Hall–Kier alpha value is -0.610. The highest BCUT2D eigenvalue weighted by Gasteiger charge is 2.25. The lowest BCUT2D eigenvalue weighted by Gasteiger charge is -2.24. The SMILES string of the molecule is CCNCc1sc(N(CC)C(C)C)nc1C(C)(C)C. The van der Waals surface area contributed by atoms with Gasteiger partial charge in [0.05, 0.1) is 5.69 Å². The Morgan fingerprint density at radius 2 is 1.89 bits per heavy atom. The predicted octanol–water partition coefficient (Wildman–Crippen LogP) is 3.78. The van der Waals surface area contributed by atoms with Crippen LogP contribution in [0, 0.1) is 0 Å². The van der Waals surface area contributed by atoms with Crippen LogP contribution in [-0.4, -0.2) is 24.1 Å². The van der Waals surface area contributed by atoms with Crippen molar-refractivity contribution in [1.29, 1.82) is 0 Å². The molecule has 0 amide bonds. The molecule has 1 rings (SSSR count). The highest BCUT2D eigenvalue weighted by atomic mass is 32.1. The largest absolute Gasteiger partial charge is 0.346 e. The fourth-order valence-corrected chi connectivity index (χ4v) is 3.57. The lowest BCUT2D eigenvalue weighted by Crippen LogP contribution is -2.30. The maximum absolute atomic E-state index is 4.93. The Bertz CT molecular complexity index is 391. The van der Waals surface area contributed by atoms with E-state index in [1.54, 1.807) is 0 Å². The minimum absolute atomic E-state index is 0.107. The van der Waals surface area contributed by atoms with Crippen LogP contribution < -0.4 is 10.2 Å². The Labute approximate surface area is 122 Å². The summed E-state index contributed by atoms with van der Waals surface area (Å²) in [6, 6.07) is 0.496. The van der Waals surface area contributed by atoms with Gasteiger partial charge in [-0.25, -0.2) is 4.98 Å². The van der Waals surface area contributed by atoms with E-state index in [0.717, 1.165) is 24.8 Å². The average molecular weight is 283 g/mol. The van der Waals surface area contributed by atoms with Gasteiger partial charge in [-0.3, -0.25) is 0 Å². The molecule has 0 saturated carbocycles. The first-order valence-electron chi connectivity index (χ1n) is 7.28. The van der Waals surface area contributed by atoms with Gasteiger partial charge in [0.1, 0.15) is 0 Å². The number of hydrogen-bond donors (Lipinski definition) is 1. The van der Waals surface area contributed by atoms with Gasteiger partial charge in [-0.05, 0) is 27.3 Å². The van der Waals surface area contributed by atoms with Gasteiger partial charge in [-0.1, -0.05) is 27.7 Å². The second kappa shape index (κ2) is 6.71. The van der Waals surface area contributed by atoms with Crippen molar-refractivity contribution in [2.75, 3.05) is 18.0 Å². The summed E-state index contributed by atoms with van der Waals surface area (Å²) in [4.78, 5) is 8.68. The van der Waals surface area contributed by atoms with Crippen LogP contribution in [-0.2, 0) is 12.0 Å². The quantitative estimate of drug-likeness (QED) is 0.861. The van der Waals surface area contributed by atoms with E-state index in [2.05, 4.69) is 58.7 Å². The van der Waals surface area contributed by atoms with E-state index in [9.17, 15) is 0 Å². The summed E-state index contributed by atoms with van der Waals surface area (Å²) in [5, 5.41) is 4.59. The molecule has 0 spiro atoms. The Balaban J connectivity index is 3.12. The first-order valence-corrected chi connectivity index (χ1v) is 8.10. The molecule has 0 radical (unpaired) electrons. The number of nitrogens with one attached hydrogen (secondary N) is 1. The summed E-state index contributed by atoms with van der Waals surface area (Å²) in [5.41, 5.74) is 1.35. The van der Waals surface area contributed by atoms with Crippen molar-refractivity contribution in [3.63, 3.8) is 0 Å². The van der Waals surface area contributed by atoms with Gasteiger partial charge >= 0.3 is 0 Å². The molecular weight excluding hydrogens is 254 g/mol. The van der Waals surface area contributed by atoms with Gasteiger partial charge in [0.2, 0.25) is 0 Å². The second-order valence-electron chi connectivity index (χ2n) is 6.18. The lowest BCUT2D eigenvalue weighted by atomic mass is 9.91. The molecule has 0 aliphatic carbocycles. The Morgan fingerprint density at radius 3 is 2.32 bits per heavy atom. The molecule has 0 aliphatic heterocycles. The first-order chi connectivity index (χ1) is 8.81. The van der Waals surface area contributed by atoms with Gasteiger partial charge in [0.25, 0.3) is 0 Å². The molecule has 3 nitrogen and oxygen atoms in total. The summed E-state index contributed by atoms with van der Waals surface area (Å²) in [7, 11) is 0. The van der Waals surface area contributed by atoms with E-state index in [-0.39, 0.29) is 5.41 Å². The average Bonchev–Trinajstić information content (AvgIpc) is 2.70. The van der Waals surface area contributed by atoms with E-state index in [1.165, 1.54) is 10.6 Å². The topological polar surface area (TPSA) is 28.2 Å². The number of nitrogens with zero attached hydrogens (tertiary/aromatic N) is 2. The van der Waals surface area contributed by atoms with Crippen LogP contribution in [0.2, 0.25) is 0 Å². The van der Waals surface area contributed by atoms with Crippen molar-refractivity contribution in [2.45, 2.75) is 66.5 Å². The van der Waals surface area contributed by atoms with E-state index in [1.807, 2.05) is 11.3 Å². The van der Waals surface area contributed by atoms with E-state index >= 15 is 0 Å². The molecule has 0 unspecified atom stereocenters. The van der Waals surface area contributed by atoms with Crippen molar-refractivity contribution < 1.29 is 0 Å². The van der Waals surface area contributed by atoms with Crippen molar-refractivity contribution in [2.24, 2.45) is 0 Å². The molecule has 0 bridgehead atoms. The van der Waals surface area contributed by atoms with Crippen molar-refractivity contribution in [3.8, 4) is 0 Å². The second-order valence-corrected chi connectivity index (χ2v) is 7.24. The van der Waals surface area contributed by atoms with Crippen LogP contribution in [0.3, 0.4) is 0 Å². The van der Waals surface area contributed by atoms with Crippen molar-refractivity contribution in [3.05, 3.63) is 10.6 Å². The van der Waals surface area contributed by atoms with Gasteiger partial charge in [-0.2, -0.15) is 0 Å². The normalized spacial score (nSPS) is 12.2. The van der Waals surface area contributed by atoms with Crippen LogP contribution in [0.15, 0.2) is 0 Å². The number of hydrogen-bond acceptors (Lipinski definition) is 4. The van der Waals surface area contributed by atoms with Crippen molar-refractivity contribution >= 4 is 16.5 Å². The molecule has 110 valence electrons. The number of rotatable bonds is 6. The predicted molar refractivity (Wildman–Crippen MR) is 86.4 cm³/mol. The van der Waals surface area contributed by atoms with Gasteiger partial charge in [0.15, 0.2) is 5.13 Å². The Kier molecular flexibility index (Phi) is 5.81. The zero-order valence-corrected chi connectivity index (χ0v) is 14.3. The number of thiazole rings is 1. The molecule has 4 heteroatoms. The fourth-order valence-electron chi connectivity index (χ4n) is 2.13. The summed E-state index contributed by atoms with van der Waals surface area (Å²) >= 11 is 1.84. The van der Waals surface area contributed by atoms with Crippen LogP contribution in [0.5, 0.6) is 0 Å². The van der Waals surface area contributed by atoms with E-state index in [0.29, 0.717) is 6.04 Å². The zero-order valence-electron chi connectivity index (χ0n) is 13.5. The van der Waals surface area contributed by atoms with Gasteiger partial charge in [-0.15, -0.1) is 11.3 Å². The van der Waals surface area contributed by atoms with Gasteiger partial charge in [0, 0.05) is 29.4 Å². The summed E-state index contributed by atoms with van der Waals surface area (Å²) in [6.07, 6.45) is 0. The highest BCUT2D eigenvalue weighted by Crippen LogP contribution is 2.34. The van der Waals surface area contributed by atoms with Crippen molar-refractivity contribution in [1.82, 2.24) is 10.3 Å². The van der Waals surface area contributed by atoms with E-state index in [4.69, 9.17) is 4.98 Å². The maximum Gasteiger partial charge on any atom is 0.186 e. The summed E-state index contributed by atoms with van der Waals surface area (Å²) in [5.74, 6) is 0. The molecule has 1 aromatic heterocycles. The molecule has 0 atom stereocenters. The Morgan fingerprint density at radius 1 is 1.26 bits per heavy atom. The van der Waals surface area contributed by atoms with E-state index < -0.39 is 0 Å². The molecule has 1 heterocycles. The molecule has 1 N–H and O–H groups in total. The lowest BCUT2D eigenvalue weighted by molar-refractivity contribution is 0.559.